The average Bonchev–Trinajstić information content (AvgIpc) is 3.04. The first-order valence-electron chi connectivity index (χ1n) is 7.46. The number of hydrogen-bond donors (Lipinski definition) is 2. The van der Waals surface area contributed by atoms with Gasteiger partial charge in [-0.25, -0.2) is 0 Å². The van der Waals surface area contributed by atoms with E-state index in [0.29, 0.717) is 24.5 Å². The number of amides is 1. The van der Waals surface area contributed by atoms with Gasteiger partial charge in [-0.1, -0.05) is 19.1 Å². The maximum absolute atomic E-state index is 12.1. The summed E-state index contributed by atoms with van der Waals surface area (Å²) >= 11 is 1.66. The van der Waals surface area contributed by atoms with E-state index in [1.165, 1.54) is 0 Å². The lowest BCUT2D eigenvalue weighted by atomic mass is 10.2. The van der Waals surface area contributed by atoms with E-state index >= 15 is 0 Å². The van der Waals surface area contributed by atoms with Crippen molar-refractivity contribution < 1.29 is 9.53 Å². The summed E-state index contributed by atoms with van der Waals surface area (Å²) in [6, 6.07) is 11.6. The lowest BCUT2D eigenvalue weighted by Crippen LogP contribution is -2.38. The molecular formula is C17H22N2O2S. The fraction of sp³-hybridized carbons (Fsp3) is 0.353. The molecule has 118 valence electrons. The second-order valence-electron chi connectivity index (χ2n) is 5.06. The highest BCUT2D eigenvalue weighted by Gasteiger charge is 2.08. The van der Waals surface area contributed by atoms with E-state index in [2.05, 4.69) is 10.6 Å². The normalized spacial score (nSPS) is 11.9. The van der Waals surface area contributed by atoms with Crippen LogP contribution in [0.1, 0.15) is 29.1 Å². The van der Waals surface area contributed by atoms with Gasteiger partial charge in [0.05, 0.1) is 0 Å². The molecule has 1 heterocycles. The number of likely N-dealkylation sites (N-methyl/N-ethyl adjacent to an activating group) is 1. The molecule has 2 rings (SSSR count). The second kappa shape index (κ2) is 8.56. The molecular weight excluding hydrogens is 296 g/mol. The van der Waals surface area contributed by atoms with Crippen LogP contribution in [-0.2, 0) is 6.61 Å². The Labute approximate surface area is 135 Å². The number of ether oxygens (including phenoxy) is 1. The summed E-state index contributed by atoms with van der Waals surface area (Å²) in [6.45, 7) is 6.12. The molecule has 22 heavy (non-hydrogen) atoms. The molecule has 0 saturated carbocycles. The zero-order valence-electron chi connectivity index (χ0n) is 13.0. The largest absolute Gasteiger partial charge is 0.488 e. The van der Waals surface area contributed by atoms with Gasteiger partial charge in [-0.3, -0.25) is 4.79 Å². The molecule has 0 aliphatic rings. The molecule has 0 saturated heterocycles. The summed E-state index contributed by atoms with van der Waals surface area (Å²) in [5, 5.41) is 8.21. The van der Waals surface area contributed by atoms with Gasteiger partial charge >= 0.3 is 0 Å². The van der Waals surface area contributed by atoms with Crippen LogP contribution >= 0.6 is 11.3 Å². The first-order valence-corrected chi connectivity index (χ1v) is 8.34. The van der Waals surface area contributed by atoms with E-state index in [4.69, 9.17) is 4.74 Å². The van der Waals surface area contributed by atoms with Crippen molar-refractivity contribution >= 4 is 17.2 Å². The van der Waals surface area contributed by atoms with Gasteiger partial charge in [-0.15, -0.1) is 11.3 Å². The second-order valence-corrected chi connectivity index (χ2v) is 6.10. The Balaban J connectivity index is 1.88. The van der Waals surface area contributed by atoms with E-state index in [1.807, 2.05) is 43.5 Å². The minimum absolute atomic E-state index is 0.0775. The Morgan fingerprint density at radius 2 is 2.18 bits per heavy atom. The highest BCUT2D eigenvalue weighted by molar-refractivity contribution is 7.09. The van der Waals surface area contributed by atoms with Gasteiger partial charge in [0.1, 0.15) is 12.4 Å². The topological polar surface area (TPSA) is 50.4 Å². The monoisotopic (exact) mass is 318 g/mol. The quantitative estimate of drug-likeness (QED) is 0.786. The fourth-order valence-corrected chi connectivity index (χ4v) is 2.66. The van der Waals surface area contributed by atoms with Crippen molar-refractivity contribution in [1.29, 1.82) is 0 Å². The highest BCUT2D eigenvalue weighted by atomic mass is 32.1. The SMILES string of the molecule is CCN[C@H](C)CNC(=O)c1cccc(OCc2cccs2)c1. The van der Waals surface area contributed by atoms with Gasteiger partial charge in [0, 0.05) is 23.0 Å². The van der Waals surface area contributed by atoms with Crippen LogP contribution in [0.4, 0.5) is 0 Å². The number of hydrogen-bond acceptors (Lipinski definition) is 4. The summed E-state index contributed by atoms with van der Waals surface area (Å²) < 4.78 is 5.72. The van der Waals surface area contributed by atoms with E-state index in [-0.39, 0.29) is 11.9 Å². The maximum Gasteiger partial charge on any atom is 0.251 e. The first-order chi connectivity index (χ1) is 10.7. The summed E-state index contributed by atoms with van der Waals surface area (Å²) in [5.41, 5.74) is 0.618. The summed E-state index contributed by atoms with van der Waals surface area (Å²) in [6.07, 6.45) is 0. The standard InChI is InChI=1S/C17H22N2O2S/c1-3-18-13(2)11-19-17(20)14-6-4-7-15(10-14)21-12-16-8-5-9-22-16/h4-10,13,18H,3,11-12H2,1-2H3,(H,19,20)/t13-/m1/s1. The number of nitrogens with one attached hydrogen (secondary N) is 2. The van der Waals surface area contributed by atoms with Gasteiger partial charge in [0.25, 0.3) is 5.91 Å². The van der Waals surface area contributed by atoms with Crippen molar-refractivity contribution in [3.63, 3.8) is 0 Å². The molecule has 0 unspecified atom stereocenters. The fourth-order valence-electron chi connectivity index (χ4n) is 2.04. The Morgan fingerprint density at radius 3 is 2.91 bits per heavy atom. The molecule has 0 fully saturated rings. The summed E-state index contributed by atoms with van der Waals surface area (Å²) in [5.74, 6) is 0.632. The van der Waals surface area contributed by atoms with Crippen LogP contribution in [0.2, 0.25) is 0 Å². The third kappa shape index (κ3) is 5.16. The zero-order chi connectivity index (χ0) is 15.8. The van der Waals surface area contributed by atoms with E-state index in [1.54, 1.807) is 23.5 Å². The molecule has 0 aliphatic carbocycles. The van der Waals surface area contributed by atoms with Crippen LogP contribution in [0.5, 0.6) is 5.75 Å². The van der Waals surface area contributed by atoms with E-state index in [0.717, 1.165) is 11.4 Å². The molecule has 0 bridgehead atoms. The third-order valence-electron chi connectivity index (χ3n) is 3.18. The number of benzene rings is 1. The van der Waals surface area contributed by atoms with Crippen LogP contribution in [0.3, 0.4) is 0 Å². The maximum atomic E-state index is 12.1. The van der Waals surface area contributed by atoms with Crippen LogP contribution in [0, 0.1) is 0 Å². The Morgan fingerprint density at radius 1 is 1.32 bits per heavy atom. The van der Waals surface area contributed by atoms with Gasteiger partial charge in [-0.05, 0) is 43.1 Å². The zero-order valence-corrected chi connectivity index (χ0v) is 13.8. The van der Waals surface area contributed by atoms with Crippen LogP contribution in [0.25, 0.3) is 0 Å². The number of thiophene rings is 1. The molecule has 0 radical (unpaired) electrons. The molecule has 1 atom stereocenters. The van der Waals surface area contributed by atoms with Gasteiger partial charge < -0.3 is 15.4 Å². The number of carbonyl (C=O) groups excluding carboxylic acids is 1. The van der Waals surface area contributed by atoms with Crippen molar-refractivity contribution in [3.05, 3.63) is 52.2 Å². The van der Waals surface area contributed by atoms with Crippen molar-refractivity contribution in [2.45, 2.75) is 26.5 Å². The number of rotatable bonds is 8. The highest BCUT2D eigenvalue weighted by Crippen LogP contribution is 2.17. The number of carbonyl (C=O) groups is 1. The van der Waals surface area contributed by atoms with Crippen molar-refractivity contribution in [2.75, 3.05) is 13.1 Å². The first kappa shape index (κ1) is 16.5. The molecule has 1 aromatic heterocycles. The predicted molar refractivity (Wildman–Crippen MR) is 90.6 cm³/mol. The minimum Gasteiger partial charge on any atom is -0.488 e. The molecule has 0 spiro atoms. The van der Waals surface area contributed by atoms with Crippen LogP contribution in [0.15, 0.2) is 41.8 Å². The molecule has 0 aliphatic heterocycles. The molecule has 1 aromatic carbocycles. The Bertz CT molecular complexity index is 584. The Hall–Kier alpha value is -1.85. The summed E-state index contributed by atoms with van der Waals surface area (Å²) in [7, 11) is 0. The van der Waals surface area contributed by atoms with Crippen molar-refractivity contribution in [1.82, 2.24) is 10.6 Å². The van der Waals surface area contributed by atoms with Crippen molar-refractivity contribution in [2.24, 2.45) is 0 Å². The molecule has 5 heteroatoms. The smallest absolute Gasteiger partial charge is 0.251 e. The molecule has 2 aromatic rings. The van der Waals surface area contributed by atoms with Gasteiger partial charge in [0.2, 0.25) is 0 Å². The van der Waals surface area contributed by atoms with Gasteiger partial charge in [0.15, 0.2) is 0 Å². The van der Waals surface area contributed by atoms with Crippen LogP contribution < -0.4 is 15.4 Å². The molecule has 4 nitrogen and oxygen atoms in total. The van der Waals surface area contributed by atoms with Crippen molar-refractivity contribution in [3.8, 4) is 5.75 Å². The lowest BCUT2D eigenvalue weighted by molar-refractivity contribution is 0.0949. The molecule has 2 N–H and O–H groups in total. The minimum atomic E-state index is -0.0775. The predicted octanol–water partition coefficient (Wildman–Crippen LogP) is 3.05. The lowest BCUT2D eigenvalue weighted by Gasteiger charge is -2.13. The molecule has 1 amide bonds. The van der Waals surface area contributed by atoms with E-state index in [9.17, 15) is 4.79 Å². The average molecular weight is 318 g/mol. The van der Waals surface area contributed by atoms with Gasteiger partial charge in [-0.2, -0.15) is 0 Å². The Kier molecular flexibility index (Phi) is 6.43. The summed E-state index contributed by atoms with van der Waals surface area (Å²) in [4.78, 5) is 13.3. The van der Waals surface area contributed by atoms with Crippen LogP contribution in [-0.4, -0.2) is 25.0 Å². The van der Waals surface area contributed by atoms with E-state index < -0.39 is 0 Å². The third-order valence-corrected chi connectivity index (χ3v) is 4.03.